The fraction of sp³-hybridized carbons (Fsp3) is 0.800. The summed E-state index contributed by atoms with van der Waals surface area (Å²) in [7, 11) is 1.06. The number of carbonyl (C=O) groups excluding carboxylic acids is 1. The molecule has 3 nitrogen and oxygen atoms in total. The van der Waals surface area contributed by atoms with E-state index in [1.807, 2.05) is 6.92 Å². The molecule has 0 aliphatic rings. The molecule has 1 N–H and O–H groups in total. The van der Waals surface area contributed by atoms with Gasteiger partial charge in [0.1, 0.15) is 0 Å². The average molecular weight is 126 g/mol. The van der Waals surface area contributed by atoms with Crippen LogP contribution in [0.5, 0.6) is 0 Å². The summed E-state index contributed by atoms with van der Waals surface area (Å²) < 4.78 is 0. The third-order valence-corrected chi connectivity index (χ3v) is 1.12. The molecular weight excluding hydrogens is 115 g/mol. The van der Waals surface area contributed by atoms with Crippen LogP contribution < -0.4 is 0 Å². The fourth-order valence-corrected chi connectivity index (χ4v) is 0.543. The molecule has 0 rings (SSSR count). The summed E-state index contributed by atoms with van der Waals surface area (Å²) in [5.41, 5.74) is 0. The van der Waals surface area contributed by atoms with E-state index in [9.17, 15) is 4.79 Å². The van der Waals surface area contributed by atoms with Crippen molar-refractivity contribution < 1.29 is 4.79 Å². The molecule has 0 heterocycles. The molecule has 0 aliphatic carbocycles. The first-order valence-corrected chi connectivity index (χ1v) is 3.06. The van der Waals surface area contributed by atoms with Crippen LogP contribution in [-0.2, 0) is 4.79 Å². The quantitative estimate of drug-likeness (QED) is 0.553. The molecule has 0 saturated carbocycles. The van der Waals surface area contributed by atoms with Crippen molar-refractivity contribution in [2.24, 2.45) is 0 Å². The summed E-state index contributed by atoms with van der Waals surface area (Å²) in [5, 5.41) is 6.77. The molecule has 0 aromatic carbocycles. The third kappa shape index (κ3) is 2.40. The number of nitrogens with one attached hydrogen (secondary N) is 1. The third-order valence-electron chi connectivity index (χ3n) is 1.12. The zero-order valence-electron chi connectivity index (χ0n) is 5.85. The van der Waals surface area contributed by atoms with E-state index in [1.54, 1.807) is 6.92 Å². The van der Waals surface area contributed by atoms with Gasteiger partial charge in [-0.15, -0.1) is 0 Å². The van der Waals surface area contributed by atoms with Gasteiger partial charge in [0.25, 0.3) is 0 Å². The summed E-state index contributed by atoms with van der Waals surface area (Å²) in [6.45, 7) is 4.23. The standard InChI is InChI=1S/C5H11BN2O/c1-3-5(9)8(4-2)6-7/h7H,3-4H2,1-2H3. The van der Waals surface area contributed by atoms with Crippen LogP contribution in [0.25, 0.3) is 0 Å². The first-order valence-electron chi connectivity index (χ1n) is 3.06. The second-order valence-electron chi connectivity index (χ2n) is 1.66. The van der Waals surface area contributed by atoms with Crippen LogP contribution in [-0.4, -0.2) is 24.5 Å². The van der Waals surface area contributed by atoms with Gasteiger partial charge in [0.05, 0.1) is 0 Å². The summed E-state index contributed by atoms with van der Waals surface area (Å²) in [5.74, 6) is 0.00694. The molecule has 0 bridgehead atoms. The van der Waals surface area contributed by atoms with Crippen molar-refractivity contribution in [3.8, 4) is 0 Å². The van der Waals surface area contributed by atoms with E-state index in [-0.39, 0.29) is 5.91 Å². The fourth-order valence-electron chi connectivity index (χ4n) is 0.543. The van der Waals surface area contributed by atoms with Gasteiger partial charge in [0.2, 0.25) is 0 Å². The Labute approximate surface area is 55.8 Å². The minimum atomic E-state index is 0.00694. The molecule has 1 amide bonds. The normalized spacial score (nSPS) is 8.22. The van der Waals surface area contributed by atoms with Crippen molar-refractivity contribution in [2.45, 2.75) is 20.3 Å². The van der Waals surface area contributed by atoms with E-state index in [4.69, 9.17) is 5.31 Å². The number of nitrogens with zero attached hydrogens (tertiary/aromatic N) is 1. The molecule has 0 unspecified atom stereocenters. The minimum absolute atomic E-state index is 0.00694. The van der Waals surface area contributed by atoms with Gasteiger partial charge in [0.15, 0.2) is 0 Å². The number of amides is 1. The molecule has 0 aromatic rings. The SMILES string of the molecule is CCC(=O)N(B=N)CC. The van der Waals surface area contributed by atoms with Crippen LogP contribution in [0.15, 0.2) is 0 Å². The molecule has 0 aromatic heterocycles. The number of hydrogen-bond donors (Lipinski definition) is 1. The van der Waals surface area contributed by atoms with Crippen molar-refractivity contribution in [3.05, 3.63) is 0 Å². The second kappa shape index (κ2) is 4.24. The predicted molar refractivity (Wildman–Crippen MR) is 36.2 cm³/mol. The van der Waals surface area contributed by atoms with E-state index in [2.05, 4.69) is 0 Å². The molecular formula is C5H11BN2O. The first kappa shape index (κ1) is 8.33. The Morgan fingerprint density at radius 2 is 2.22 bits per heavy atom. The summed E-state index contributed by atoms with van der Waals surface area (Å²) >= 11 is 0. The molecule has 0 aliphatic heterocycles. The van der Waals surface area contributed by atoms with Gasteiger partial charge in [-0.1, -0.05) is 0 Å². The van der Waals surface area contributed by atoms with Gasteiger partial charge in [-0.3, -0.25) is 0 Å². The maximum absolute atomic E-state index is 10.7. The Balaban J connectivity index is 3.78. The van der Waals surface area contributed by atoms with Crippen LogP contribution in [0.4, 0.5) is 0 Å². The van der Waals surface area contributed by atoms with Crippen molar-refractivity contribution in [3.63, 3.8) is 0 Å². The van der Waals surface area contributed by atoms with Crippen LogP contribution in [0.1, 0.15) is 20.3 Å². The topological polar surface area (TPSA) is 44.2 Å². The van der Waals surface area contributed by atoms with E-state index >= 15 is 0 Å². The Bertz CT molecular complexity index is 116. The Kier molecular flexibility index (Phi) is 3.92. The molecule has 0 saturated heterocycles. The van der Waals surface area contributed by atoms with Gasteiger partial charge < -0.3 is 0 Å². The zero-order chi connectivity index (χ0) is 7.28. The molecule has 0 spiro atoms. The molecule has 0 radical (unpaired) electrons. The molecule has 50 valence electrons. The van der Waals surface area contributed by atoms with Gasteiger partial charge in [-0.2, -0.15) is 0 Å². The van der Waals surface area contributed by atoms with Crippen molar-refractivity contribution in [1.82, 2.24) is 4.81 Å². The Hall–Kier alpha value is -0.665. The van der Waals surface area contributed by atoms with Crippen molar-refractivity contribution in [1.29, 1.82) is 5.31 Å². The summed E-state index contributed by atoms with van der Waals surface area (Å²) in [4.78, 5) is 12.1. The Morgan fingerprint density at radius 3 is 2.33 bits per heavy atom. The molecule has 9 heavy (non-hydrogen) atoms. The average Bonchev–Trinajstić information content (AvgIpc) is 1.90. The van der Waals surface area contributed by atoms with Gasteiger partial charge in [-0.25, -0.2) is 0 Å². The van der Waals surface area contributed by atoms with E-state index in [0.29, 0.717) is 13.0 Å². The van der Waals surface area contributed by atoms with E-state index in [0.717, 1.165) is 7.21 Å². The monoisotopic (exact) mass is 126 g/mol. The van der Waals surface area contributed by atoms with Crippen LogP contribution in [0.3, 0.4) is 0 Å². The van der Waals surface area contributed by atoms with E-state index < -0.39 is 0 Å². The maximum atomic E-state index is 10.7. The summed E-state index contributed by atoms with van der Waals surface area (Å²) in [6.07, 6.45) is 0.475. The van der Waals surface area contributed by atoms with Gasteiger partial charge >= 0.3 is 54.8 Å². The Morgan fingerprint density at radius 1 is 1.67 bits per heavy atom. The van der Waals surface area contributed by atoms with Crippen LogP contribution >= 0.6 is 0 Å². The zero-order valence-corrected chi connectivity index (χ0v) is 5.85. The second-order valence-corrected chi connectivity index (χ2v) is 1.66. The van der Waals surface area contributed by atoms with E-state index in [1.165, 1.54) is 4.81 Å². The van der Waals surface area contributed by atoms with Crippen LogP contribution in [0.2, 0.25) is 0 Å². The van der Waals surface area contributed by atoms with Crippen LogP contribution in [0, 0.1) is 5.31 Å². The molecule has 0 atom stereocenters. The number of hydrogen-bond acceptors (Lipinski definition) is 2. The molecule has 4 heteroatoms. The predicted octanol–water partition coefficient (Wildman–Crippen LogP) is 0.626. The van der Waals surface area contributed by atoms with Gasteiger partial charge in [-0.05, 0) is 0 Å². The van der Waals surface area contributed by atoms with Crippen molar-refractivity contribution in [2.75, 3.05) is 6.54 Å². The van der Waals surface area contributed by atoms with Crippen molar-refractivity contribution >= 4 is 13.1 Å². The summed E-state index contributed by atoms with van der Waals surface area (Å²) in [6, 6.07) is 0. The number of carbonyl (C=O) groups is 1. The number of rotatable bonds is 3. The molecule has 0 fully saturated rings. The first-order chi connectivity index (χ1) is 4.26. The van der Waals surface area contributed by atoms with Gasteiger partial charge in [0, 0.05) is 0 Å².